The van der Waals surface area contributed by atoms with Crippen LogP contribution in [0.25, 0.3) is 10.9 Å². The van der Waals surface area contributed by atoms with E-state index >= 15 is 0 Å². The number of piperidine rings is 2. The molecule has 0 bridgehead atoms. The predicted molar refractivity (Wildman–Crippen MR) is 135 cm³/mol. The monoisotopic (exact) mass is 487 g/mol. The third kappa shape index (κ3) is 4.41. The van der Waals surface area contributed by atoms with Gasteiger partial charge in [0.15, 0.2) is 0 Å². The summed E-state index contributed by atoms with van der Waals surface area (Å²) in [4.78, 5) is 41.5. The SMILES string of the molecule is CC(C)n1ccc2c(N3CCC(=O)NC3=O)cc(C(=O)N3CCC4(CCNCC4)CC3)cc21.Cl. The fourth-order valence-electron chi connectivity index (χ4n) is 5.66. The number of fused-ring (bicyclic) bond motifs is 1. The lowest BCUT2D eigenvalue weighted by Gasteiger charge is -2.44. The van der Waals surface area contributed by atoms with Crippen molar-refractivity contribution in [2.24, 2.45) is 5.41 Å². The number of benzene rings is 1. The minimum atomic E-state index is -0.430. The maximum atomic E-state index is 13.6. The Balaban J connectivity index is 0.00000274. The van der Waals surface area contributed by atoms with E-state index in [4.69, 9.17) is 0 Å². The molecule has 3 saturated heterocycles. The third-order valence-electron chi connectivity index (χ3n) is 7.74. The summed E-state index contributed by atoms with van der Waals surface area (Å²) in [5, 5.41) is 6.77. The van der Waals surface area contributed by atoms with Crippen LogP contribution in [0.3, 0.4) is 0 Å². The van der Waals surface area contributed by atoms with Crippen LogP contribution < -0.4 is 15.5 Å². The van der Waals surface area contributed by atoms with E-state index in [9.17, 15) is 14.4 Å². The van der Waals surface area contributed by atoms with Crippen molar-refractivity contribution in [1.29, 1.82) is 0 Å². The van der Waals surface area contributed by atoms with Gasteiger partial charge >= 0.3 is 6.03 Å². The number of halogens is 1. The van der Waals surface area contributed by atoms with Crippen molar-refractivity contribution in [2.75, 3.05) is 37.6 Å². The van der Waals surface area contributed by atoms with Crippen LogP contribution in [0.4, 0.5) is 10.5 Å². The molecule has 3 aliphatic heterocycles. The molecule has 0 radical (unpaired) electrons. The van der Waals surface area contributed by atoms with Gasteiger partial charge in [-0.1, -0.05) is 0 Å². The molecule has 4 heterocycles. The summed E-state index contributed by atoms with van der Waals surface area (Å²) < 4.78 is 2.13. The first-order chi connectivity index (χ1) is 15.9. The number of nitrogens with one attached hydrogen (secondary N) is 2. The molecule has 184 valence electrons. The van der Waals surface area contributed by atoms with E-state index in [0.29, 0.717) is 23.2 Å². The van der Waals surface area contributed by atoms with E-state index < -0.39 is 6.03 Å². The molecule has 0 unspecified atom stereocenters. The number of imide groups is 1. The summed E-state index contributed by atoms with van der Waals surface area (Å²) in [7, 11) is 0. The van der Waals surface area contributed by atoms with Crippen LogP contribution in [-0.2, 0) is 4.79 Å². The number of urea groups is 1. The molecule has 9 heteroatoms. The van der Waals surface area contributed by atoms with E-state index in [0.717, 1.165) is 49.9 Å². The highest BCUT2D eigenvalue weighted by Crippen LogP contribution is 2.40. The second-order valence-electron chi connectivity index (χ2n) is 10.0. The average Bonchev–Trinajstić information content (AvgIpc) is 3.24. The summed E-state index contributed by atoms with van der Waals surface area (Å²) >= 11 is 0. The Morgan fingerprint density at radius 1 is 1.03 bits per heavy atom. The number of hydrogen-bond acceptors (Lipinski definition) is 4. The van der Waals surface area contributed by atoms with Crippen LogP contribution in [-0.4, -0.2) is 60.0 Å². The van der Waals surface area contributed by atoms with Gasteiger partial charge in [-0.15, -0.1) is 12.4 Å². The molecule has 1 aromatic heterocycles. The van der Waals surface area contributed by atoms with Gasteiger partial charge < -0.3 is 14.8 Å². The lowest BCUT2D eigenvalue weighted by Crippen LogP contribution is -2.49. The molecule has 0 atom stereocenters. The van der Waals surface area contributed by atoms with Crippen molar-refractivity contribution in [1.82, 2.24) is 20.1 Å². The number of rotatable bonds is 3. The molecule has 1 aromatic carbocycles. The zero-order chi connectivity index (χ0) is 23.2. The van der Waals surface area contributed by atoms with Crippen molar-refractivity contribution in [3.05, 3.63) is 30.0 Å². The first-order valence-electron chi connectivity index (χ1n) is 12.1. The van der Waals surface area contributed by atoms with Crippen molar-refractivity contribution < 1.29 is 14.4 Å². The molecule has 5 rings (SSSR count). The summed E-state index contributed by atoms with van der Waals surface area (Å²) in [6, 6.07) is 5.57. The number of aromatic nitrogens is 1. The lowest BCUT2D eigenvalue weighted by molar-refractivity contribution is -0.120. The maximum absolute atomic E-state index is 13.6. The summed E-state index contributed by atoms with van der Waals surface area (Å²) in [6.45, 7) is 8.20. The summed E-state index contributed by atoms with van der Waals surface area (Å²) in [5.41, 5.74) is 2.60. The van der Waals surface area contributed by atoms with E-state index in [-0.39, 0.29) is 36.7 Å². The van der Waals surface area contributed by atoms with E-state index in [1.54, 1.807) is 4.90 Å². The molecule has 3 fully saturated rings. The van der Waals surface area contributed by atoms with Gasteiger partial charge in [0, 0.05) is 49.2 Å². The standard InChI is InChI=1S/C25H33N5O3.ClH/c1-17(2)29-11-3-19-20(29)15-18(16-21(19)30-12-4-22(31)27-24(30)33)23(32)28-13-7-25(8-14-28)5-9-26-10-6-25;/h3,11,15-17,26H,4-10,12-14H2,1-2H3,(H,27,31,33);1H. The van der Waals surface area contributed by atoms with Gasteiger partial charge in [-0.05, 0) is 76.2 Å². The zero-order valence-corrected chi connectivity index (χ0v) is 20.7. The van der Waals surface area contributed by atoms with Crippen LogP contribution >= 0.6 is 12.4 Å². The second-order valence-corrected chi connectivity index (χ2v) is 10.0. The summed E-state index contributed by atoms with van der Waals surface area (Å²) in [6.07, 6.45) is 6.73. The molecule has 0 aliphatic carbocycles. The van der Waals surface area contributed by atoms with Crippen molar-refractivity contribution in [3.8, 4) is 0 Å². The number of carbonyl (C=O) groups is 3. The van der Waals surface area contributed by atoms with Crippen LogP contribution in [0.1, 0.15) is 62.4 Å². The largest absolute Gasteiger partial charge is 0.345 e. The van der Waals surface area contributed by atoms with Crippen LogP contribution in [0.15, 0.2) is 24.4 Å². The quantitative estimate of drug-likeness (QED) is 0.691. The van der Waals surface area contributed by atoms with Gasteiger partial charge in [0.05, 0.1) is 11.2 Å². The second kappa shape index (κ2) is 9.58. The number of hydrogen-bond donors (Lipinski definition) is 2. The molecule has 1 spiro atoms. The Kier molecular flexibility index (Phi) is 6.92. The van der Waals surface area contributed by atoms with Gasteiger partial charge in [-0.3, -0.25) is 19.8 Å². The smallest absolute Gasteiger partial charge is 0.328 e. The van der Waals surface area contributed by atoms with E-state index in [2.05, 4.69) is 29.0 Å². The Bertz CT molecular complexity index is 1100. The lowest BCUT2D eigenvalue weighted by atomic mass is 9.71. The van der Waals surface area contributed by atoms with E-state index in [1.165, 1.54) is 12.8 Å². The molecular formula is C25H34ClN5O3. The van der Waals surface area contributed by atoms with Gasteiger partial charge in [-0.2, -0.15) is 0 Å². The Hall–Kier alpha value is -2.58. The Morgan fingerprint density at radius 2 is 1.74 bits per heavy atom. The molecule has 8 nitrogen and oxygen atoms in total. The van der Waals surface area contributed by atoms with Gasteiger partial charge in [0.2, 0.25) is 5.91 Å². The minimum absolute atomic E-state index is 0. The van der Waals surface area contributed by atoms with Crippen LogP contribution in [0.2, 0.25) is 0 Å². The fraction of sp³-hybridized carbons (Fsp3) is 0.560. The van der Waals surface area contributed by atoms with Crippen molar-refractivity contribution in [2.45, 2.75) is 52.0 Å². The highest BCUT2D eigenvalue weighted by Gasteiger charge is 2.37. The predicted octanol–water partition coefficient (Wildman–Crippen LogP) is 3.70. The van der Waals surface area contributed by atoms with Crippen LogP contribution in [0.5, 0.6) is 0 Å². The number of amides is 4. The van der Waals surface area contributed by atoms with Crippen molar-refractivity contribution in [3.63, 3.8) is 0 Å². The average molecular weight is 488 g/mol. The van der Waals surface area contributed by atoms with Gasteiger partial charge in [-0.25, -0.2) is 4.79 Å². The molecular weight excluding hydrogens is 454 g/mol. The normalized spacial score (nSPS) is 20.6. The molecule has 4 amide bonds. The van der Waals surface area contributed by atoms with E-state index in [1.807, 2.05) is 29.3 Å². The zero-order valence-electron chi connectivity index (χ0n) is 19.9. The van der Waals surface area contributed by atoms with Gasteiger partial charge in [0.1, 0.15) is 0 Å². The minimum Gasteiger partial charge on any atom is -0.345 e. The number of likely N-dealkylation sites (tertiary alicyclic amines) is 1. The first-order valence-corrected chi connectivity index (χ1v) is 12.1. The maximum Gasteiger partial charge on any atom is 0.328 e. The highest BCUT2D eigenvalue weighted by atomic mass is 35.5. The number of nitrogens with zero attached hydrogens (tertiary/aromatic N) is 3. The van der Waals surface area contributed by atoms with Gasteiger partial charge in [0.25, 0.3) is 5.91 Å². The number of anilines is 1. The molecule has 34 heavy (non-hydrogen) atoms. The first kappa shape index (κ1) is 24.5. The fourth-order valence-corrected chi connectivity index (χ4v) is 5.66. The summed E-state index contributed by atoms with van der Waals surface area (Å²) in [5.74, 6) is -0.244. The van der Waals surface area contributed by atoms with Crippen molar-refractivity contribution >= 4 is 46.8 Å². The third-order valence-corrected chi connectivity index (χ3v) is 7.74. The van der Waals surface area contributed by atoms with Crippen LogP contribution in [0, 0.1) is 5.41 Å². The molecule has 2 N–H and O–H groups in total. The number of carbonyl (C=O) groups excluding carboxylic acids is 3. The Morgan fingerprint density at radius 3 is 2.38 bits per heavy atom. The molecule has 0 saturated carbocycles. The topological polar surface area (TPSA) is 86.7 Å². The molecule has 3 aliphatic rings. The molecule has 2 aromatic rings. The highest BCUT2D eigenvalue weighted by molar-refractivity contribution is 6.11. The Labute approximate surface area is 206 Å².